The van der Waals surface area contributed by atoms with Gasteiger partial charge in [-0.05, 0) is 120 Å². The molecule has 0 amide bonds. The zero-order valence-electron chi connectivity index (χ0n) is 33.9. The van der Waals surface area contributed by atoms with Gasteiger partial charge in [-0.15, -0.1) is 0 Å². The highest BCUT2D eigenvalue weighted by Crippen LogP contribution is 2.50. The third-order valence-corrected chi connectivity index (χ3v) is 13.7. The summed E-state index contributed by atoms with van der Waals surface area (Å²) in [5, 5.41) is 5.86. The van der Waals surface area contributed by atoms with E-state index in [0.717, 1.165) is 39.6 Å². The average Bonchev–Trinajstić information content (AvgIpc) is 3.93. The number of benzene rings is 9. The lowest BCUT2D eigenvalue weighted by Crippen LogP contribution is -2.15. The van der Waals surface area contributed by atoms with Gasteiger partial charge in [-0.1, -0.05) is 166 Å². The van der Waals surface area contributed by atoms with E-state index < -0.39 is 0 Å². The van der Waals surface area contributed by atoms with Gasteiger partial charge in [-0.2, -0.15) is 0 Å². The van der Waals surface area contributed by atoms with Crippen molar-refractivity contribution in [3.05, 3.63) is 210 Å². The molecule has 9 aromatic carbocycles. The number of hydrogen-bond acceptors (Lipinski definition) is 2. The van der Waals surface area contributed by atoms with E-state index in [1.807, 2.05) is 0 Å². The predicted molar refractivity (Wildman–Crippen MR) is 253 cm³/mol. The van der Waals surface area contributed by atoms with Gasteiger partial charge in [-0.25, -0.2) is 9.97 Å². The Labute approximate surface area is 354 Å². The molecule has 3 heteroatoms. The summed E-state index contributed by atoms with van der Waals surface area (Å²) in [6.45, 7) is 4.67. The number of rotatable bonds is 4. The van der Waals surface area contributed by atoms with Crippen LogP contribution in [0.1, 0.15) is 36.1 Å². The standard InChI is InChI=1S/C58H39N3/c1-58(2)50-16-8-5-13-44(50)45-29-27-42(34-51(45)58)56-46-14-6-9-17-52(46)59-57(60-56)61-53-18-10-7-15-47(53)55-49-33-39(24-23-37(49)28-30-54(55)61)36-21-19-35(20-22-36)38-25-26-41-31-40-11-3-4-12-43(40)48(41)32-38/h3-30,32-34H,31H2,1-2H3. The highest BCUT2D eigenvalue weighted by atomic mass is 15.2. The van der Waals surface area contributed by atoms with Crippen molar-refractivity contribution in [3.8, 4) is 61.7 Å². The first-order valence-corrected chi connectivity index (χ1v) is 21.3. The molecular formula is C58H39N3. The smallest absolute Gasteiger partial charge is 0.235 e. The summed E-state index contributed by atoms with van der Waals surface area (Å²) < 4.78 is 2.27. The second-order valence-corrected chi connectivity index (χ2v) is 17.4. The second kappa shape index (κ2) is 12.7. The lowest BCUT2D eigenvalue weighted by molar-refractivity contribution is 0.660. The molecule has 2 aliphatic carbocycles. The lowest BCUT2D eigenvalue weighted by Gasteiger charge is -2.22. The maximum Gasteiger partial charge on any atom is 0.235 e. The van der Waals surface area contributed by atoms with Gasteiger partial charge in [0.05, 0.1) is 22.2 Å². The molecule has 0 atom stereocenters. The second-order valence-electron chi connectivity index (χ2n) is 17.4. The summed E-state index contributed by atoms with van der Waals surface area (Å²) in [5.74, 6) is 0.670. The van der Waals surface area contributed by atoms with Crippen LogP contribution in [0.3, 0.4) is 0 Å². The molecule has 2 heterocycles. The van der Waals surface area contributed by atoms with Crippen LogP contribution < -0.4 is 0 Å². The summed E-state index contributed by atoms with van der Waals surface area (Å²) in [4.78, 5) is 10.8. The fourth-order valence-corrected chi connectivity index (χ4v) is 10.6. The Morgan fingerprint density at radius 1 is 0.426 bits per heavy atom. The van der Waals surface area contributed by atoms with Crippen LogP contribution in [0, 0.1) is 0 Å². The van der Waals surface area contributed by atoms with Gasteiger partial charge in [0.1, 0.15) is 0 Å². The van der Waals surface area contributed by atoms with Crippen LogP contribution in [0.25, 0.3) is 105 Å². The fourth-order valence-electron chi connectivity index (χ4n) is 10.6. The van der Waals surface area contributed by atoms with Crippen molar-refractivity contribution >= 4 is 43.5 Å². The van der Waals surface area contributed by atoms with E-state index in [1.165, 1.54) is 88.3 Å². The van der Waals surface area contributed by atoms with E-state index in [2.05, 4.69) is 206 Å². The van der Waals surface area contributed by atoms with E-state index in [9.17, 15) is 0 Å². The number of hydrogen-bond donors (Lipinski definition) is 0. The van der Waals surface area contributed by atoms with Gasteiger partial charge >= 0.3 is 0 Å². The van der Waals surface area contributed by atoms with Gasteiger partial charge in [0.15, 0.2) is 0 Å². The minimum Gasteiger partial charge on any atom is -0.278 e. The van der Waals surface area contributed by atoms with Crippen LogP contribution >= 0.6 is 0 Å². The predicted octanol–water partition coefficient (Wildman–Crippen LogP) is 14.8. The van der Waals surface area contributed by atoms with Gasteiger partial charge in [0, 0.05) is 27.1 Å². The minimum atomic E-state index is -0.113. The summed E-state index contributed by atoms with van der Waals surface area (Å²) >= 11 is 0. The van der Waals surface area contributed by atoms with Crippen molar-refractivity contribution in [2.45, 2.75) is 25.7 Å². The highest BCUT2D eigenvalue weighted by molar-refractivity contribution is 6.21. The highest BCUT2D eigenvalue weighted by Gasteiger charge is 2.35. The molecule has 286 valence electrons. The molecular weight excluding hydrogens is 739 g/mol. The molecule has 0 radical (unpaired) electrons. The van der Waals surface area contributed by atoms with Crippen molar-refractivity contribution < 1.29 is 0 Å². The molecule has 11 aromatic rings. The zero-order valence-corrected chi connectivity index (χ0v) is 33.9. The van der Waals surface area contributed by atoms with Gasteiger partial charge in [0.2, 0.25) is 5.95 Å². The quantitative estimate of drug-likeness (QED) is 0.178. The first-order valence-electron chi connectivity index (χ1n) is 21.3. The maximum absolute atomic E-state index is 5.50. The summed E-state index contributed by atoms with van der Waals surface area (Å²) in [6.07, 6.45) is 1.01. The first kappa shape index (κ1) is 34.3. The van der Waals surface area contributed by atoms with E-state index >= 15 is 0 Å². The van der Waals surface area contributed by atoms with Crippen LogP contribution in [0.4, 0.5) is 0 Å². The summed E-state index contributed by atoms with van der Waals surface area (Å²) in [7, 11) is 0. The third kappa shape index (κ3) is 5.04. The summed E-state index contributed by atoms with van der Waals surface area (Å²) in [5.41, 5.74) is 20.8. The molecule has 0 unspecified atom stereocenters. The van der Waals surface area contributed by atoms with Crippen LogP contribution in [0.2, 0.25) is 0 Å². The number of aromatic nitrogens is 3. The van der Waals surface area contributed by atoms with E-state index in [-0.39, 0.29) is 5.41 Å². The maximum atomic E-state index is 5.50. The Kier molecular flexibility index (Phi) is 7.13. The normalized spacial score (nSPS) is 13.5. The molecule has 0 saturated carbocycles. The Morgan fingerprint density at radius 2 is 1.07 bits per heavy atom. The van der Waals surface area contributed by atoms with Crippen LogP contribution in [-0.2, 0) is 11.8 Å². The van der Waals surface area contributed by atoms with E-state index in [1.54, 1.807) is 0 Å². The van der Waals surface area contributed by atoms with E-state index in [0.29, 0.717) is 5.95 Å². The molecule has 0 bridgehead atoms. The Morgan fingerprint density at radius 3 is 1.93 bits per heavy atom. The molecule has 0 spiro atoms. The Bertz CT molecular complexity index is 3640. The van der Waals surface area contributed by atoms with Crippen molar-refractivity contribution in [3.63, 3.8) is 0 Å². The Balaban J connectivity index is 0.940. The van der Waals surface area contributed by atoms with Crippen LogP contribution in [-0.4, -0.2) is 14.5 Å². The minimum absolute atomic E-state index is 0.113. The van der Waals surface area contributed by atoms with E-state index in [4.69, 9.17) is 9.97 Å². The number of nitrogens with zero attached hydrogens (tertiary/aromatic N) is 3. The zero-order chi connectivity index (χ0) is 40.4. The fraction of sp³-hybridized carbons (Fsp3) is 0.0690. The monoisotopic (exact) mass is 777 g/mol. The largest absolute Gasteiger partial charge is 0.278 e. The number of para-hydroxylation sites is 2. The molecule has 0 saturated heterocycles. The molecule has 2 aliphatic rings. The van der Waals surface area contributed by atoms with Crippen molar-refractivity contribution in [2.24, 2.45) is 0 Å². The van der Waals surface area contributed by atoms with Crippen molar-refractivity contribution in [1.29, 1.82) is 0 Å². The molecule has 61 heavy (non-hydrogen) atoms. The first-order chi connectivity index (χ1) is 30.0. The van der Waals surface area contributed by atoms with Gasteiger partial charge < -0.3 is 0 Å². The molecule has 0 N–H and O–H groups in total. The van der Waals surface area contributed by atoms with Crippen molar-refractivity contribution in [2.75, 3.05) is 0 Å². The van der Waals surface area contributed by atoms with Crippen LogP contribution in [0.15, 0.2) is 188 Å². The Hall–Kier alpha value is -7.62. The molecule has 0 fully saturated rings. The molecule has 2 aromatic heterocycles. The van der Waals surface area contributed by atoms with Crippen molar-refractivity contribution in [1.82, 2.24) is 14.5 Å². The van der Waals surface area contributed by atoms with Gasteiger partial charge in [-0.3, -0.25) is 4.57 Å². The molecule has 3 nitrogen and oxygen atoms in total. The average molecular weight is 778 g/mol. The SMILES string of the molecule is CC1(C)c2ccccc2-c2ccc(-c3nc(-n4c5ccccc5c5c6cc(-c7ccc(-c8ccc9c(c8)-c8ccccc8C9)cc7)ccc6ccc54)nc4ccccc34)cc21. The molecule has 0 aliphatic heterocycles. The van der Waals surface area contributed by atoms with Gasteiger partial charge in [0.25, 0.3) is 0 Å². The number of fused-ring (bicyclic) bond motifs is 12. The topological polar surface area (TPSA) is 30.7 Å². The lowest BCUT2D eigenvalue weighted by atomic mass is 9.82. The summed E-state index contributed by atoms with van der Waals surface area (Å²) in [6, 6.07) is 69.0. The molecule has 13 rings (SSSR count). The third-order valence-electron chi connectivity index (χ3n) is 13.7. The van der Waals surface area contributed by atoms with Crippen LogP contribution in [0.5, 0.6) is 0 Å².